The normalized spacial score (nSPS) is 28.9. The van der Waals surface area contributed by atoms with Crippen LogP contribution >= 0.6 is 0 Å². The second-order valence-electron chi connectivity index (χ2n) is 3.33. The highest BCUT2D eigenvalue weighted by Crippen LogP contribution is 2.26. The Hall–Kier alpha value is -1.98. The van der Waals surface area contributed by atoms with Gasteiger partial charge in [-0.2, -0.15) is 15.0 Å². The van der Waals surface area contributed by atoms with Crippen molar-refractivity contribution in [1.29, 1.82) is 5.26 Å². The average Bonchev–Trinajstić information content (AvgIpc) is 2.59. The molecule has 3 atom stereocenters. The van der Waals surface area contributed by atoms with Gasteiger partial charge in [0, 0.05) is 6.42 Å². The van der Waals surface area contributed by atoms with Crippen molar-refractivity contribution in [3.05, 3.63) is 27.0 Å². The highest BCUT2D eigenvalue weighted by Gasteiger charge is 2.36. The maximum Gasteiger partial charge on any atom is 0.347 e. The highest BCUT2D eigenvalue weighted by atomic mass is 16.5. The lowest BCUT2D eigenvalue weighted by Crippen LogP contribution is -2.34. The molecule has 1 aliphatic rings. The van der Waals surface area contributed by atoms with Crippen LogP contribution in [0.5, 0.6) is 0 Å². The minimum atomic E-state index is -0.981. The fraction of sp³-hybridized carbons (Fsp3) is 0.500. The van der Waals surface area contributed by atoms with Gasteiger partial charge in [-0.25, -0.2) is 4.79 Å². The standard InChI is InChI=1S/C8H8N4O4/c9-2-5-4(13)1-7(16-5)12-8(15)11-6(14)3-10-12/h3-5,7,13H,1H2,(H,11,14,15). The number of aromatic nitrogens is 3. The second kappa shape index (κ2) is 3.88. The van der Waals surface area contributed by atoms with E-state index in [2.05, 4.69) is 5.10 Å². The van der Waals surface area contributed by atoms with E-state index in [-0.39, 0.29) is 6.42 Å². The Morgan fingerprint density at radius 2 is 2.44 bits per heavy atom. The summed E-state index contributed by atoms with van der Waals surface area (Å²) in [5.41, 5.74) is -1.35. The molecule has 2 N–H and O–H groups in total. The van der Waals surface area contributed by atoms with Crippen molar-refractivity contribution in [1.82, 2.24) is 14.8 Å². The summed E-state index contributed by atoms with van der Waals surface area (Å²) in [5.74, 6) is 0. The molecule has 1 saturated heterocycles. The maximum absolute atomic E-state index is 11.3. The number of aromatic amines is 1. The summed E-state index contributed by atoms with van der Waals surface area (Å²) >= 11 is 0. The monoisotopic (exact) mass is 224 g/mol. The Labute approximate surface area is 88.7 Å². The minimum Gasteiger partial charge on any atom is -0.389 e. The van der Waals surface area contributed by atoms with Crippen LogP contribution in [-0.4, -0.2) is 32.1 Å². The van der Waals surface area contributed by atoms with Crippen LogP contribution in [0.2, 0.25) is 0 Å². The van der Waals surface area contributed by atoms with E-state index < -0.39 is 29.7 Å². The molecule has 0 radical (unpaired) electrons. The van der Waals surface area contributed by atoms with Gasteiger partial charge in [-0.1, -0.05) is 0 Å². The topological polar surface area (TPSA) is 121 Å². The third kappa shape index (κ3) is 1.73. The number of ether oxygens (including phenoxy) is 1. The number of aliphatic hydroxyl groups is 1. The van der Waals surface area contributed by atoms with E-state index in [0.29, 0.717) is 0 Å². The van der Waals surface area contributed by atoms with Gasteiger partial charge in [-0.15, -0.1) is 0 Å². The van der Waals surface area contributed by atoms with Gasteiger partial charge in [0.15, 0.2) is 12.3 Å². The number of aliphatic hydroxyl groups excluding tert-OH is 1. The zero-order valence-corrected chi connectivity index (χ0v) is 8.03. The minimum absolute atomic E-state index is 0.0805. The van der Waals surface area contributed by atoms with E-state index in [4.69, 9.17) is 10.00 Å². The molecule has 84 valence electrons. The molecule has 0 amide bonds. The van der Waals surface area contributed by atoms with Crippen LogP contribution in [0.1, 0.15) is 12.6 Å². The van der Waals surface area contributed by atoms with Crippen LogP contribution in [0.4, 0.5) is 0 Å². The largest absolute Gasteiger partial charge is 0.389 e. The quantitative estimate of drug-likeness (QED) is 0.574. The first-order valence-corrected chi connectivity index (χ1v) is 4.53. The van der Waals surface area contributed by atoms with Crippen molar-refractivity contribution >= 4 is 0 Å². The van der Waals surface area contributed by atoms with Crippen LogP contribution in [0, 0.1) is 11.3 Å². The number of nitrogens with zero attached hydrogens (tertiary/aromatic N) is 3. The molecule has 8 nitrogen and oxygen atoms in total. The summed E-state index contributed by atoms with van der Waals surface area (Å²) in [6, 6.07) is 1.76. The molecule has 0 saturated carbocycles. The molecule has 1 aromatic heterocycles. The fourth-order valence-electron chi connectivity index (χ4n) is 1.49. The van der Waals surface area contributed by atoms with Gasteiger partial charge in [-0.3, -0.25) is 9.78 Å². The van der Waals surface area contributed by atoms with Crippen LogP contribution < -0.4 is 11.2 Å². The van der Waals surface area contributed by atoms with Gasteiger partial charge in [-0.05, 0) is 0 Å². The van der Waals surface area contributed by atoms with Crippen LogP contribution in [-0.2, 0) is 4.74 Å². The van der Waals surface area contributed by atoms with Gasteiger partial charge in [0.25, 0.3) is 5.56 Å². The third-order valence-electron chi connectivity index (χ3n) is 2.23. The molecule has 1 fully saturated rings. The molecular formula is C8H8N4O4. The first kappa shape index (κ1) is 10.5. The smallest absolute Gasteiger partial charge is 0.347 e. The Morgan fingerprint density at radius 3 is 3.00 bits per heavy atom. The number of rotatable bonds is 1. The summed E-state index contributed by atoms with van der Waals surface area (Å²) in [4.78, 5) is 24.1. The summed E-state index contributed by atoms with van der Waals surface area (Å²) in [7, 11) is 0. The lowest BCUT2D eigenvalue weighted by atomic mass is 10.2. The van der Waals surface area contributed by atoms with Gasteiger partial charge in [0.2, 0.25) is 0 Å². The van der Waals surface area contributed by atoms with Gasteiger partial charge in [0.1, 0.15) is 6.20 Å². The van der Waals surface area contributed by atoms with E-state index in [9.17, 15) is 14.7 Å². The Balaban J connectivity index is 2.31. The summed E-state index contributed by atoms with van der Waals surface area (Å²) < 4.78 is 5.99. The fourth-order valence-corrected chi connectivity index (χ4v) is 1.49. The van der Waals surface area contributed by atoms with Crippen molar-refractivity contribution < 1.29 is 9.84 Å². The molecule has 1 aliphatic heterocycles. The number of nitrogens with one attached hydrogen (secondary N) is 1. The van der Waals surface area contributed by atoms with E-state index in [1.807, 2.05) is 4.98 Å². The van der Waals surface area contributed by atoms with E-state index >= 15 is 0 Å². The van der Waals surface area contributed by atoms with Crippen LogP contribution in [0.25, 0.3) is 0 Å². The first-order chi connectivity index (χ1) is 7.61. The van der Waals surface area contributed by atoms with Gasteiger partial charge < -0.3 is 9.84 Å². The number of hydrogen-bond donors (Lipinski definition) is 2. The lowest BCUT2D eigenvalue weighted by Gasteiger charge is -2.09. The number of hydrogen-bond acceptors (Lipinski definition) is 6. The van der Waals surface area contributed by atoms with Crippen molar-refractivity contribution in [2.45, 2.75) is 24.9 Å². The molecule has 0 bridgehead atoms. The molecule has 2 heterocycles. The van der Waals surface area contributed by atoms with Crippen LogP contribution in [0.3, 0.4) is 0 Å². The zero-order valence-electron chi connectivity index (χ0n) is 8.03. The van der Waals surface area contributed by atoms with E-state index in [1.54, 1.807) is 6.07 Å². The van der Waals surface area contributed by atoms with Crippen LogP contribution in [0.15, 0.2) is 15.8 Å². The third-order valence-corrected chi connectivity index (χ3v) is 2.23. The van der Waals surface area contributed by atoms with Crippen molar-refractivity contribution in [3.8, 4) is 6.07 Å². The summed E-state index contributed by atoms with van der Waals surface area (Å²) in [5, 5.41) is 21.6. The molecule has 3 unspecified atom stereocenters. The Kier molecular flexibility index (Phi) is 2.55. The molecule has 0 aromatic carbocycles. The van der Waals surface area contributed by atoms with E-state index in [0.717, 1.165) is 10.9 Å². The Bertz CT molecular complexity index is 542. The van der Waals surface area contributed by atoms with Crippen molar-refractivity contribution in [3.63, 3.8) is 0 Å². The second-order valence-corrected chi connectivity index (χ2v) is 3.33. The van der Waals surface area contributed by atoms with Gasteiger partial charge >= 0.3 is 5.69 Å². The highest BCUT2D eigenvalue weighted by molar-refractivity contribution is 4.95. The van der Waals surface area contributed by atoms with Gasteiger partial charge in [0.05, 0.1) is 12.2 Å². The zero-order chi connectivity index (χ0) is 11.7. The van der Waals surface area contributed by atoms with Crippen molar-refractivity contribution in [2.24, 2.45) is 0 Å². The molecule has 2 rings (SSSR count). The van der Waals surface area contributed by atoms with E-state index in [1.165, 1.54) is 0 Å². The molecular weight excluding hydrogens is 216 g/mol. The average molecular weight is 224 g/mol. The SMILES string of the molecule is N#CC1OC(n2ncc(=O)[nH]c2=O)CC1O. The predicted octanol–water partition coefficient (Wildman–Crippen LogP) is -1.90. The molecule has 0 spiro atoms. The molecule has 8 heteroatoms. The Morgan fingerprint density at radius 1 is 1.69 bits per heavy atom. The van der Waals surface area contributed by atoms with Crippen molar-refractivity contribution in [2.75, 3.05) is 0 Å². The summed E-state index contributed by atoms with van der Waals surface area (Å²) in [6.45, 7) is 0. The molecule has 1 aromatic rings. The maximum atomic E-state index is 11.3. The predicted molar refractivity (Wildman–Crippen MR) is 49.3 cm³/mol. The summed E-state index contributed by atoms with van der Waals surface area (Å²) in [6.07, 6.45) is -1.76. The number of nitriles is 1. The molecule has 0 aliphatic carbocycles. The number of H-pyrrole nitrogens is 1. The first-order valence-electron chi connectivity index (χ1n) is 4.53. The lowest BCUT2D eigenvalue weighted by molar-refractivity contribution is 0.00107. The molecule has 16 heavy (non-hydrogen) atoms.